The van der Waals surface area contributed by atoms with Crippen molar-refractivity contribution in [2.24, 2.45) is 0 Å². The Labute approximate surface area is 98.5 Å². The van der Waals surface area contributed by atoms with Gasteiger partial charge in [-0.3, -0.25) is 0 Å². The highest BCUT2D eigenvalue weighted by atomic mass is 32.2. The van der Waals surface area contributed by atoms with Crippen molar-refractivity contribution in [2.45, 2.75) is 16.7 Å². The lowest BCUT2D eigenvalue weighted by atomic mass is 10.2. The minimum absolute atomic E-state index is 0.202. The van der Waals surface area contributed by atoms with Crippen LogP contribution in [0, 0.1) is 12.7 Å². The maximum absolute atomic E-state index is 13.4. The molecule has 0 aromatic heterocycles. The topological polar surface area (TPSA) is 26.0 Å². The first-order valence-corrected chi connectivity index (χ1v) is 5.77. The Morgan fingerprint density at radius 3 is 2.56 bits per heavy atom. The van der Waals surface area contributed by atoms with Gasteiger partial charge in [0.1, 0.15) is 5.82 Å². The van der Waals surface area contributed by atoms with Gasteiger partial charge in [-0.2, -0.15) is 0 Å². The van der Waals surface area contributed by atoms with E-state index in [1.807, 2.05) is 31.2 Å². The summed E-state index contributed by atoms with van der Waals surface area (Å²) in [6.45, 7) is 1.95. The SMILES string of the molecule is Cc1ccc(Sc2ccccc2F)cc1N. The highest BCUT2D eigenvalue weighted by molar-refractivity contribution is 7.99. The third-order valence-electron chi connectivity index (χ3n) is 2.32. The first-order valence-electron chi connectivity index (χ1n) is 4.95. The van der Waals surface area contributed by atoms with Crippen molar-refractivity contribution < 1.29 is 4.39 Å². The van der Waals surface area contributed by atoms with E-state index in [4.69, 9.17) is 5.73 Å². The summed E-state index contributed by atoms with van der Waals surface area (Å²) in [6.07, 6.45) is 0. The predicted octanol–water partition coefficient (Wildman–Crippen LogP) is 3.87. The number of rotatable bonds is 2. The summed E-state index contributed by atoms with van der Waals surface area (Å²) in [5.74, 6) is -0.202. The van der Waals surface area contributed by atoms with Crippen LogP contribution in [0.3, 0.4) is 0 Å². The number of halogens is 1. The molecule has 0 aliphatic carbocycles. The second-order valence-corrected chi connectivity index (χ2v) is 4.67. The summed E-state index contributed by atoms with van der Waals surface area (Å²) >= 11 is 1.38. The molecule has 82 valence electrons. The molecule has 0 saturated heterocycles. The van der Waals surface area contributed by atoms with Gasteiger partial charge in [-0.05, 0) is 36.8 Å². The van der Waals surface area contributed by atoms with E-state index in [0.717, 1.165) is 16.1 Å². The highest BCUT2D eigenvalue weighted by Gasteiger charge is 2.04. The fourth-order valence-corrected chi connectivity index (χ4v) is 2.22. The fraction of sp³-hybridized carbons (Fsp3) is 0.0769. The maximum atomic E-state index is 13.4. The largest absolute Gasteiger partial charge is 0.398 e. The summed E-state index contributed by atoms with van der Waals surface area (Å²) in [7, 11) is 0. The zero-order chi connectivity index (χ0) is 11.5. The Morgan fingerprint density at radius 2 is 1.88 bits per heavy atom. The van der Waals surface area contributed by atoms with E-state index in [2.05, 4.69) is 0 Å². The van der Waals surface area contributed by atoms with Crippen LogP contribution in [0.1, 0.15) is 5.56 Å². The van der Waals surface area contributed by atoms with Gasteiger partial charge >= 0.3 is 0 Å². The molecule has 2 rings (SSSR count). The molecule has 16 heavy (non-hydrogen) atoms. The Balaban J connectivity index is 2.28. The number of anilines is 1. The van der Waals surface area contributed by atoms with Gasteiger partial charge in [0.25, 0.3) is 0 Å². The smallest absolute Gasteiger partial charge is 0.137 e. The van der Waals surface area contributed by atoms with E-state index in [1.165, 1.54) is 17.8 Å². The molecule has 0 heterocycles. The summed E-state index contributed by atoms with van der Waals surface area (Å²) < 4.78 is 13.4. The lowest BCUT2D eigenvalue weighted by Crippen LogP contribution is -1.89. The summed E-state index contributed by atoms with van der Waals surface area (Å²) in [4.78, 5) is 1.57. The number of hydrogen-bond acceptors (Lipinski definition) is 2. The standard InChI is InChI=1S/C13H12FNS/c1-9-6-7-10(8-12(9)15)16-13-5-3-2-4-11(13)14/h2-8H,15H2,1H3. The molecular weight excluding hydrogens is 221 g/mol. The first-order chi connectivity index (χ1) is 7.66. The minimum Gasteiger partial charge on any atom is -0.398 e. The summed E-state index contributed by atoms with van der Waals surface area (Å²) in [5, 5.41) is 0. The van der Waals surface area contributed by atoms with E-state index >= 15 is 0 Å². The van der Waals surface area contributed by atoms with Gasteiger partial charge in [0.2, 0.25) is 0 Å². The van der Waals surface area contributed by atoms with Gasteiger partial charge in [0.15, 0.2) is 0 Å². The lowest BCUT2D eigenvalue weighted by molar-refractivity contribution is 0.602. The van der Waals surface area contributed by atoms with Crippen molar-refractivity contribution in [1.29, 1.82) is 0 Å². The van der Waals surface area contributed by atoms with E-state index in [0.29, 0.717) is 4.90 Å². The Kier molecular flexibility index (Phi) is 3.15. The van der Waals surface area contributed by atoms with Crippen molar-refractivity contribution in [2.75, 3.05) is 5.73 Å². The molecule has 0 bridgehead atoms. The Bertz CT molecular complexity index is 511. The average molecular weight is 233 g/mol. The fourth-order valence-electron chi connectivity index (χ4n) is 1.34. The average Bonchev–Trinajstić information content (AvgIpc) is 2.27. The number of nitrogens with two attached hydrogens (primary N) is 1. The maximum Gasteiger partial charge on any atom is 0.137 e. The third-order valence-corrected chi connectivity index (χ3v) is 3.36. The van der Waals surface area contributed by atoms with Crippen molar-refractivity contribution in [1.82, 2.24) is 0 Å². The minimum atomic E-state index is -0.202. The predicted molar refractivity (Wildman–Crippen MR) is 66.1 cm³/mol. The molecule has 0 fully saturated rings. The quantitative estimate of drug-likeness (QED) is 0.797. The summed E-state index contributed by atoms with van der Waals surface area (Å²) in [5.41, 5.74) is 7.58. The van der Waals surface area contributed by atoms with Crippen molar-refractivity contribution >= 4 is 17.4 Å². The molecule has 0 saturated carbocycles. The highest BCUT2D eigenvalue weighted by Crippen LogP contribution is 2.31. The van der Waals surface area contributed by atoms with Crippen LogP contribution in [0.4, 0.5) is 10.1 Å². The number of hydrogen-bond donors (Lipinski definition) is 1. The van der Waals surface area contributed by atoms with E-state index in [9.17, 15) is 4.39 Å². The molecule has 1 nitrogen and oxygen atoms in total. The van der Waals surface area contributed by atoms with Crippen LogP contribution < -0.4 is 5.73 Å². The van der Waals surface area contributed by atoms with Crippen LogP contribution >= 0.6 is 11.8 Å². The van der Waals surface area contributed by atoms with Gasteiger partial charge in [-0.1, -0.05) is 30.0 Å². The molecule has 0 atom stereocenters. The number of nitrogen functional groups attached to an aromatic ring is 1. The molecule has 0 amide bonds. The van der Waals surface area contributed by atoms with E-state index in [1.54, 1.807) is 12.1 Å². The van der Waals surface area contributed by atoms with Gasteiger partial charge in [0, 0.05) is 15.5 Å². The number of benzene rings is 2. The Morgan fingerprint density at radius 1 is 1.12 bits per heavy atom. The molecule has 0 spiro atoms. The molecule has 0 unspecified atom stereocenters. The second-order valence-electron chi connectivity index (χ2n) is 3.55. The van der Waals surface area contributed by atoms with Crippen LogP contribution in [0.15, 0.2) is 52.3 Å². The van der Waals surface area contributed by atoms with Crippen molar-refractivity contribution in [3.8, 4) is 0 Å². The molecular formula is C13H12FNS. The van der Waals surface area contributed by atoms with Crippen molar-refractivity contribution in [3.05, 3.63) is 53.8 Å². The monoisotopic (exact) mass is 233 g/mol. The van der Waals surface area contributed by atoms with Crippen molar-refractivity contribution in [3.63, 3.8) is 0 Å². The Hall–Kier alpha value is -1.48. The number of aryl methyl sites for hydroxylation is 1. The zero-order valence-corrected chi connectivity index (χ0v) is 9.72. The lowest BCUT2D eigenvalue weighted by Gasteiger charge is -2.05. The van der Waals surface area contributed by atoms with Crippen LogP contribution in [-0.4, -0.2) is 0 Å². The van der Waals surface area contributed by atoms with Gasteiger partial charge in [0.05, 0.1) is 0 Å². The van der Waals surface area contributed by atoms with E-state index < -0.39 is 0 Å². The van der Waals surface area contributed by atoms with Gasteiger partial charge in [-0.15, -0.1) is 0 Å². The van der Waals surface area contributed by atoms with Crippen LogP contribution in [0.25, 0.3) is 0 Å². The van der Waals surface area contributed by atoms with Gasteiger partial charge < -0.3 is 5.73 Å². The zero-order valence-electron chi connectivity index (χ0n) is 8.91. The normalized spacial score (nSPS) is 10.4. The molecule has 2 aromatic carbocycles. The molecule has 0 radical (unpaired) electrons. The van der Waals surface area contributed by atoms with E-state index in [-0.39, 0.29) is 5.82 Å². The van der Waals surface area contributed by atoms with Gasteiger partial charge in [-0.25, -0.2) is 4.39 Å². The molecule has 0 aliphatic heterocycles. The first kappa shape index (κ1) is 11.0. The molecule has 2 aromatic rings. The molecule has 2 N–H and O–H groups in total. The molecule has 0 aliphatic rings. The summed E-state index contributed by atoms with van der Waals surface area (Å²) in [6, 6.07) is 12.5. The molecule has 3 heteroatoms. The van der Waals surface area contributed by atoms with Crippen LogP contribution in [-0.2, 0) is 0 Å². The van der Waals surface area contributed by atoms with Crippen LogP contribution in [0.5, 0.6) is 0 Å². The third kappa shape index (κ3) is 2.36. The second kappa shape index (κ2) is 4.58. The van der Waals surface area contributed by atoms with Crippen LogP contribution in [0.2, 0.25) is 0 Å².